The van der Waals surface area contributed by atoms with Gasteiger partial charge in [-0.2, -0.15) is 0 Å². The molecule has 0 radical (unpaired) electrons. The number of rotatable bonds is 30. The molecule has 0 unspecified atom stereocenters. The molecule has 25 nitrogen and oxygen atoms in total. The number of nitrogens with one attached hydrogen (secondary N) is 1. The fraction of sp³-hybridized carbons (Fsp3) is 0.527. The Morgan fingerprint density at radius 2 is 1.00 bits per heavy atom. The Hall–Kier alpha value is -8.96. The summed E-state index contributed by atoms with van der Waals surface area (Å²) in [7, 11) is 0. The van der Waals surface area contributed by atoms with Crippen LogP contribution in [0.3, 0.4) is 0 Å². The second-order valence-corrected chi connectivity index (χ2v) is 35.5. The normalized spacial score (nSPS) is 25.4. The number of unbranched alkanes of at least 4 members (excludes halogenated alkanes) is 2. The van der Waals surface area contributed by atoms with Gasteiger partial charge in [0.2, 0.25) is 0 Å². The maximum atomic E-state index is 15.8. The van der Waals surface area contributed by atoms with Crippen molar-refractivity contribution in [2.75, 3.05) is 31.3 Å². The standard InChI is InChI=1S/C93H119N9O16/c1-89(2,3)116-86(104)99(57-66-42-26-15-27-43-66)69-52-70(100(87(105)117-90(4,5)6)58-67-44-28-16-29-45-67)77-80(115-93(114-77)48-32-18-33-49-93)76(69)111-85-74(101(88(106)118-91(7,8)9)59-68-46-30-17-31-47-68)79(75(103)71(110-85)54-94-53-63-36-20-12-21-37-63)108-51-35-19-34-50-107-60-72-78-81(113-92(10,11)112-78)84(109-72)102-62-97-73-82(95-61-96-83(73)102)98(55-64-38-22-13-23-39-64)56-65-40-24-14-25-41-65/h12-17,20-31,36-47,61-62,69-72,74-81,84-85,94,103H,18-19,32-35,48-60H2,1-11H3/t69-,70+,71-,72-,74-,75-,76+,77-,78-,79-,80-,81-,84-,85-/m1/s1. The van der Waals surface area contributed by atoms with Gasteiger partial charge in [0.1, 0.15) is 84.1 Å². The molecule has 1 spiro atoms. The van der Waals surface area contributed by atoms with Crippen molar-refractivity contribution in [1.29, 1.82) is 0 Å². The number of fused-ring (bicyclic) bond motifs is 3. The van der Waals surface area contributed by atoms with Crippen LogP contribution in [-0.2, 0) is 96.1 Å². The van der Waals surface area contributed by atoms with Gasteiger partial charge in [0.25, 0.3) is 0 Å². The SMILES string of the molecule is CC(C)(C)OC(=O)N(Cc1ccccc1)[C@H]1[C@@H](O[C@@H]2[C@H]3OC4(CCCCC4)O[C@@H]3[C@@H](N(Cc3ccccc3)C(=O)OC(C)(C)C)C[C@H]2N(Cc2ccccc2)C(=O)OC(C)(C)C)O[C@H](CNCc2ccccc2)[C@@H](O)[C@@H]1OCCCCCOC[C@H]1O[C@@H](n2cnc3c(N(Cc4ccccc4)Cc4ccccc4)ncnc32)[C@@H]2OC(C)(C)O[C@@H]21. The lowest BCUT2D eigenvalue weighted by atomic mass is 9.81. The molecule has 25 heteroatoms. The molecular weight excluding hydrogens is 1500 g/mol. The molecule has 4 saturated heterocycles. The molecule has 0 bridgehead atoms. The predicted octanol–water partition coefficient (Wildman–Crippen LogP) is 15.5. The molecule has 2 N–H and O–H groups in total. The van der Waals surface area contributed by atoms with Crippen molar-refractivity contribution in [3.8, 4) is 0 Å². The van der Waals surface area contributed by atoms with Crippen LogP contribution in [0.15, 0.2) is 195 Å². The summed E-state index contributed by atoms with van der Waals surface area (Å²) in [5.74, 6) is -1.34. The maximum absolute atomic E-state index is 15.8. The highest BCUT2D eigenvalue weighted by molar-refractivity contribution is 5.83. The number of benzene rings is 6. The third kappa shape index (κ3) is 21.6. The Labute approximate surface area is 694 Å². The number of imidazole rings is 1. The predicted molar refractivity (Wildman–Crippen MR) is 444 cm³/mol. The van der Waals surface area contributed by atoms with Crippen LogP contribution in [0.25, 0.3) is 11.2 Å². The van der Waals surface area contributed by atoms with Crippen molar-refractivity contribution in [3.63, 3.8) is 0 Å². The number of anilines is 1. The van der Waals surface area contributed by atoms with Crippen LogP contribution in [0.5, 0.6) is 0 Å². The van der Waals surface area contributed by atoms with Gasteiger partial charge in [-0.15, -0.1) is 0 Å². The van der Waals surface area contributed by atoms with Gasteiger partial charge in [-0.3, -0.25) is 19.3 Å². The van der Waals surface area contributed by atoms with E-state index in [1.165, 1.54) is 0 Å². The third-order valence-electron chi connectivity index (χ3n) is 22.3. The fourth-order valence-electron chi connectivity index (χ4n) is 17.1. The number of nitrogens with zero attached hydrogens (tertiary/aromatic N) is 8. The second-order valence-electron chi connectivity index (χ2n) is 35.5. The molecule has 14 rings (SSSR count). The van der Waals surface area contributed by atoms with E-state index in [9.17, 15) is 5.11 Å². The molecule has 14 atom stereocenters. The van der Waals surface area contributed by atoms with E-state index in [0.717, 1.165) is 52.6 Å². The van der Waals surface area contributed by atoms with Gasteiger partial charge in [0, 0.05) is 71.9 Å². The van der Waals surface area contributed by atoms with E-state index in [0.29, 0.717) is 75.3 Å². The molecule has 6 fully saturated rings. The Morgan fingerprint density at radius 3 is 1.54 bits per heavy atom. The van der Waals surface area contributed by atoms with E-state index in [2.05, 4.69) is 34.5 Å². The Morgan fingerprint density at radius 1 is 0.517 bits per heavy atom. The number of ether oxygens (including phenoxy) is 12. The van der Waals surface area contributed by atoms with Crippen LogP contribution in [0.1, 0.15) is 174 Å². The van der Waals surface area contributed by atoms with E-state index in [1.807, 2.05) is 238 Å². The first-order valence-electron chi connectivity index (χ1n) is 42.1. The molecule has 6 heterocycles. The van der Waals surface area contributed by atoms with Gasteiger partial charge in [-0.25, -0.2) is 29.3 Å². The van der Waals surface area contributed by atoms with Crippen LogP contribution in [0.2, 0.25) is 0 Å². The summed E-state index contributed by atoms with van der Waals surface area (Å²) in [6.07, 6.45) is -3.38. The summed E-state index contributed by atoms with van der Waals surface area (Å²) in [4.78, 5) is 68.7. The number of carbonyl (C=O) groups excluding carboxylic acids is 3. The van der Waals surface area contributed by atoms with Gasteiger partial charge in [-0.1, -0.05) is 188 Å². The quantitative estimate of drug-likeness (QED) is 0.0313. The van der Waals surface area contributed by atoms with E-state index in [4.69, 9.17) is 71.8 Å². The lowest BCUT2D eigenvalue weighted by Gasteiger charge is -2.53. The first kappa shape index (κ1) is 85.5. The van der Waals surface area contributed by atoms with Crippen molar-refractivity contribution in [2.45, 2.75) is 287 Å². The van der Waals surface area contributed by atoms with Crippen LogP contribution in [0.4, 0.5) is 20.2 Å². The molecule has 2 aliphatic carbocycles. The van der Waals surface area contributed by atoms with E-state index < -0.39 is 132 Å². The molecule has 4 aliphatic heterocycles. The molecule has 632 valence electrons. The lowest BCUT2D eigenvalue weighted by Crippen LogP contribution is -2.70. The van der Waals surface area contributed by atoms with Crippen molar-refractivity contribution in [3.05, 3.63) is 228 Å². The van der Waals surface area contributed by atoms with E-state index in [-0.39, 0.29) is 45.8 Å². The Kier molecular flexibility index (Phi) is 27.4. The van der Waals surface area contributed by atoms with Crippen molar-refractivity contribution in [1.82, 2.24) is 39.5 Å². The van der Waals surface area contributed by atoms with Crippen molar-refractivity contribution in [2.24, 2.45) is 0 Å². The van der Waals surface area contributed by atoms with Crippen molar-refractivity contribution >= 4 is 35.3 Å². The average Bonchev–Trinajstić information content (AvgIpc) is 1.53. The van der Waals surface area contributed by atoms with Crippen molar-refractivity contribution < 1.29 is 76.3 Å². The first-order chi connectivity index (χ1) is 56.7. The number of aliphatic hydroxyl groups is 1. The van der Waals surface area contributed by atoms with Gasteiger partial charge in [0.15, 0.2) is 41.1 Å². The molecule has 2 aromatic heterocycles. The fourth-order valence-corrected chi connectivity index (χ4v) is 17.1. The molecule has 6 aliphatic rings. The first-order valence-corrected chi connectivity index (χ1v) is 42.1. The molecule has 8 aromatic rings. The molecular formula is C93H119N9O16. The zero-order valence-corrected chi connectivity index (χ0v) is 70.1. The summed E-state index contributed by atoms with van der Waals surface area (Å²) in [5, 5.41) is 17.0. The number of aliphatic hydroxyl groups excluding tert-OH is 1. The number of hydrogen-bond donors (Lipinski definition) is 2. The van der Waals surface area contributed by atoms with Gasteiger partial charge >= 0.3 is 18.3 Å². The number of aromatic nitrogens is 4. The minimum absolute atomic E-state index is 0.0309. The molecule has 2 saturated carbocycles. The van der Waals surface area contributed by atoms with Crippen LogP contribution in [-0.4, -0.2) is 192 Å². The number of hydrogen-bond acceptors (Lipinski definition) is 21. The van der Waals surface area contributed by atoms with Gasteiger partial charge in [-0.05, 0) is 148 Å². The highest BCUT2D eigenvalue weighted by atomic mass is 16.8. The summed E-state index contributed by atoms with van der Waals surface area (Å²) in [6.45, 7) is 22.8. The Balaban J connectivity index is 0.770. The summed E-state index contributed by atoms with van der Waals surface area (Å²) in [6, 6.07) is 56.5. The topological polar surface area (TPSA) is 251 Å². The highest BCUT2D eigenvalue weighted by Crippen LogP contribution is 2.50. The number of amides is 3. The summed E-state index contributed by atoms with van der Waals surface area (Å²) in [5.41, 5.74) is 4.00. The molecule has 6 aromatic carbocycles. The van der Waals surface area contributed by atoms with Gasteiger partial charge < -0.3 is 72.2 Å². The zero-order valence-electron chi connectivity index (χ0n) is 70.1. The van der Waals surface area contributed by atoms with Crippen LogP contribution < -0.4 is 10.2 Å². The molecule has 3 amide bonds. The minimum Gasteiger partial charge on any atom is -0.444 e. The van der Waals surface area contributed by atoms with Gasteiger partial charge in [0.05, 0.1) is 25.0 Å². The third-order valence-corrected chi connectivity index (χ3v) is 22.3. The maximum Gasteiger partial charge on any atom is 0.411 e. The van der Waals surface area contributed by atoms with E-state index >= 15 is 14.4 Å². The van der Waals surface area contributed by atoms with E-state index in [1.54, 1.807) is 27.4 Å². The average molecular weight is 1620 g/mol. The smallest absolute Gasteiger partial charge is 0.411 e. The largest absolute Gasteiger partial charge is 0.444 e. The summed E-state index contributed by atoms with van der Waals surface area (Å²) >= 11 is 0. The lowest BCUT2D eigenvalue weighted by molar-refractivity contribution is -0.313. The Bertz CT molecular complexity index is 4470. The monoisotopic (exact) mass is 1620 g/mol. The second kappa shape index (κ2) is 37.8. The molecule has 118 heavy (non-hydrogen) atoms. The van der Waals surface area contributed by atoms with Crippen LogP contribution >= 0.6 is 0 Å². The zero-order chi connectivity index (χ0) is 82.8. The van der Waals surface area contributed by atoms with Crippen LogP contribution in [0, 0.1) is 0 Å². The summed E-state index contributed by atoms with van der Waals surface area (Å²) < 4.78 is 85.6. The minimum atomic E-state index is -1.46. The highest BCUT2D eigenvalue weighted by Gasteiger charge is 2.64. The number of carbonyl (C=O) groups is 3.